The van der Waals surface area contributed by atoms with Gasteiger partial charge >= 0.3 is 0 Å². The molecule has 0 saturated heterocycles. The molecule has 1 heterocycles. The van der Waals surface area contributed by atoms with E-state index in [9.17, 15) is 0 Å². The van der Waals surface area contributed by atoms with Crippen LogP contribution in [0, 0.1) is 6.92 Å². The second-order valence-corrected chi connectivity index (χ2v) is 4.39. The summed E-state index contributed by atoms with van der Waals surface area (Å²) in [5.74, 6) is 0. The molecule has 0 aliphatic rings. The fourth-order valence-electron chi connectivity index (χ4n) is 1.81. The Hall–Kier alpha value is -1.12. The average molecular weight is 217 g/mol. The van der Waals surface area contributed by atoms with Crippen LogP contribution >= 0.6 is 11.3 Å². The zero-order chi connectivity index (χ0) is 10.7. The molecule has 0 fully saturated rings. The van der Waals surface area contributed by atoms with E-state index in [1.807, 2.05) is 7.05 Å². The maximum atomic E-state index is 3.37. The Kier molecular flexibility index (Phi) is 3.19. The lowest BCUT2D eigenvalue weighted by atomic mass is 9.99. The molecule has 1 aromatic heterocycles. The Balaban J connectivity index is 2.37. The van der Waals surface area contributed by atoms with Crippen molar-refractivity contribution in [3.63, 3.8) is 0 Å². The first kappa shape index (κ1) is 10.4. The lowest BCUT2D eigenvalue weighted by molar-refractivity contribution is 0.690. The molecule has 15 heavy (non-hydrogen) atoms. The molecular weight excluding hydrogens is 202 g/mol. The average Bonchev–Trinajstić information content (AvgIpc) is 2.68. The zero-order valence-electron chi connectivity index (χ0n) is 9.03. The van der Waals surface area contributed by atoms with Crippen LogP contribution in [0.15, 0.2) is 41.1 Å². The first-order valence-corrected chi connectivity index (χ1v) is 6.02. The van der Waals surface area contributed by atoms with Gasteiger partial charge in [-0.2, -0.15) is 11.3 Å². The molecule has 0 aliphatic carbocycles. The van der Waals surface area contributed by atoms with Gasteiger partial charge in [0, 0.05) is 0 Å². The van der Waals surface area contributed by atoms with E-state index in [-0.39, 0.29) is 0 Å². The normalized spacial score (nSPS) is 12.7. The summed E-state index contributed by atoms with van der Waals surface area (Å²) in [6.07, 6.45) is 0. The predicted octanol–water partition coefficient (Wildman–Crippen LogP) is 3.37. The fourth-order valence-corrected chi connectivity index (χ4v) is 2.69. The van der Waals surface area contributed by atoms with Gasteiger partial charge in [0.05, 0.1) is 6.04 Å². The largest absolute Gasteiger partial charge is 0.309 e. The topological polar surface area (TPSA) is 12.0 Å². The minimum atomic E-state index is 0.317. The van der Waals surface area contributed by atoms with Gasteiger partial charge in [-0.25, -0.2) is 0 Å². The molecule has 2 rings (SSSR count). The maximum Gasteiger partial charge on any atom is 0.0585 e. The van der Waals surface area contributed by atoms with Gasteiger partial charge < -0.3 is 5.32 Å². The summed E-state index contributed by atoms with van der Waals surface area (Å²) in [4.78, 5) is 0. The Morgan fingerprint density at radius 2 is 1.87 bits per heavy atom. The van der Waals surface area contributed by atoms with Crippen LogP contribution in [-0.2, 0) is 0 Å². The summed E-state index contributed by atoms with van der Waals surface area (Å²) < 4.78 is 0. The van der Waals surface area contributed by atoms with Crippen LogP contribution in [0.3, 0.4) is 0 Å². The number of aryl methyl sites for hydroxylation is 1. The first-order valence-electron chi connectivity index (χ1n) is 5.08. The highest BCUT2D eigenvalue weighted by atomic mass is 32.1. The highest BCUT2D eigenvalue weighted by Gasteiger charge is 2.13. The van der Waals surface area contributed by atoms with Gasteiger partial charge in [0.25, 0.3) is 0 Å². The minimum Gasteiger partial charge on any atom is -0.309 e. The number of benzene rings is 1. The molecule has 0 bridgehead atoms. The molecular formula is C13H15NS. The standard InChI is InChI=1S/C13H15NS/c1-10-8-15-9-12(10)13(14-2)11-6-4-3-5-7-11/h3-9,13-14H,1-2H3. The molecule has 1 N–H and O–H groups in total. The predicted molar refractivity (Wildman–Crippen MR) is 66.4 cm³/mol. The number of hydrogen-bond acceptors (Lipinski definition) is 2. The molecule has 0 amide bonds. The maximum absolute atomic E-state index is 3.37. The van der Waals surface area contributed by atoms with Crippen LogP contribution in [0.1, 0.15) is 22.7 Å². The molecule has 1 unspecified atom stereocenters. The second kappa shape index (κ2) is 4.60. The molecule has 1 nitrogen and oxygen atoms in total. The summed E-state index contributed by atoms with van der Waals surface area (Å²) in [6.45, 7) is 2.17. The summed E-state index contributed by atoms with van der Waals surface area (Å²) >= 11 is 1.76. The van der Waals surface area contributed by atoms with Crippen molar-refractivity contribution < 1.29 is 0 Å². The molecule has 0 aliphatic heterocycles. The van der Waals surface area contributed by atoms with E-state index in [0.29, 0.717) is 6.04 Å². The van der Waals surface area contributed by atoms with E-state index in [0.717, 1.165) is 0 Å². The van der Waals surface area contributed by atoms with E-state index in [2.05, 4.69) is 53.3 Å². The van der Waals surface area contributed by atoms with Crippen molar-refractivity contribution in [1.29, 1.82) is 0 Å². The van der Waals surface area contributed by atoms with Crippen molar-refractivity contribution in [2.75, 3.05) is 7.05 Å². The van der Waals surface area contributed by atoms with Crippen molar-refractivity contribution in [1.82, 2.24) is 5.32 Å². The van der Waals surface area contributed by atoms with Crippen LogP contribution in [0.2, 0.25) is 0 Å². The van der Waals surface area contributed by atoms with Gasteiger partial charge in [-0.1, -0.05) is 30.3 Å². The smallest absolute Gasteiger partial charge is 0.0585 e. The Morgan fingerprint density at radius 3 is 2.40 bits per heavy atom. The molecule has 0 spiro atoms. The Labute approximate surface area is 94.8 Å². The highest BCUT2D eigenvalue weighted by molar-refractivity contribution is 7.08. The number of hydrogen-bond donors (Lipinski definition) is 1. The van der Waals surface area contributed by atoms with E-state index < -0.39 is 0 Å². The Morgan fingerprint density at radius 1 is 1.13 bits per heavy atom. The number of thiophene rings is 1. The zero-order valence-corrected chi connectivity index (χ0v) is 9.84. The van der Waals surface area contributed by atoms with Crippen LogP contribution in [0.4, 0.5) is 0 Å². The van der Waals surface area contributed by atoms with Crippen molar-refractivity contribution in [3.05, 3.63) is 57.8 Å². The molecule has 0 radical (unpaired) electrons. The van der Waals surface area contributed by atoms with Crippen molar-refractivity contribution in [3.8, 4) is 0 Å². The molecule has 1 atom stereocenters. The third kappa shape index (κ3) is 2.11. The number of nitrogens with one attached hydrogen (secondary N) is 1. The van der Waals surface area contributed by atoms with Crippen LogP contribution in [0.25, 0.3) is 0 Å². The fraction of sp³-hybridized carbons (Fsp3) is 0.231. The van der Waals surface area contributed by atoms with Gasteiger partial charge in [0.2, 0.25) is 0 Å². The van der Waals surface area contributed by atoms with Gasteiger partial charge in [-0.05, 0) is 41.4 Å². The van der Waals surface area contributed by atoms with Crippen LogP contribution in [0.5, 0.6) is 0 Å². The lowest BCUT2D eigenvalue weighted by Crippen LogP contribution is -2.17. The molecule has 2 aromatic rings. The van der Waals surface area contributed by atoms with Crippen molar-refractivity contribution >= 4 is 11.3 Å². The van der Waals surface area contributed by atoms with Gasteiger partial charge in [0.1, 0.15) is 0 Å². The molecule has 2 heteroatoms. The third-order valence-electron chi connectivity index (χ3n) is 2.63. The van der Waals surface area contributed by atoms with E-state index in [4.69, 9.17) is 0 Å². The summed E-state index contributed by atoms with van der Waals surface area (Å²) in [6, 6.07) is 10.9. The van der Waals surface area contributed by atoms with Crippen molar-refractivity contribution in [2.24, 2.45) is 0 Å². The monoisotopic (exact) mass is 217 g/mol. The summed E-state index contributed by atoms with van der Waals surface area (Å²) in [5, 5.41) is 7.79. The SMILES string of the molecule is CNC(c1ccccc1)c1cscc1C. The minimum absolute atomic E-state index is 0.317. The Bertz CT molecular complexity index is 419. The lowest BCUT2D eigenvalue weighted by Gasteiger charge is -2.16. The van der Waals surface area contributed by atoms with Crippen LogP contribution < -0.4 is 5.32 Å². The number of rotatable bonds is 3. The quantitative estimate of drug-likeness (QED) is 0.831. The van der Waals surface area contributed by atoms with Crippen molar-refractivity contribution in [2.45, 2.75) is 13.0 Å². The van der Waals surface area contributed by atoms with E-state index >= 15 is 0 Å². The molecule has 78 valence electrons. The highest BCUT2D eigenvalue weighted by Crippen LogP contribution is 2.26. The molecule has 0 saturated carbocycles. The van der Waals surface area contributed by atoms with E-state index in [1.54, 1.807) is 11.3 Å². The summed E-state index contributed by atoms with van der Waals surface area (Å²) in [5.41, 5.74) is 4.07. The second-order valence-electron chi connectivity index (χ2n) is 3.64. The third-order valence-corrected chi connectivity index (χ3v) is 3.51. The van der Waals surface area contributed by atoms with Gasteiger partial charge in [0.15, 0.2) is 0 Å². The van der Waals surface area contributed by atoms with E-state index in [1.165, 1.54) is 16.7 Å². The summed E-state index contributed by atoms with van der Waals surface area (Å²) in [7, 11) is 2.01. The van der Waals surface area contributed by atoms with Gasteiger partial charge in [-0.3, -0.25) is 0 Å². The molecule has 1 aromatic carbocycles. The first-order chi connectivity index (χ1) is 7.33. The van der Waals surface area contributed by atoms with Crippen LogP contribution in [-0.4, -0.2) is 7.05 Å². The van der Waals surface area contributed by atoms with Gasteiger partial charge in [-0.15, -0.1) is 0 Å².